The third-order valence-electron chi connectivity index (χ3n) is 13.4. The van der Waals surface area contributed by atoms with E-state index in [2.05, 4.69) is 88.7 Å². The number of nitrogens with zero attached hydrogens (tertiary/aromatic N) is 11. The van der Waals surface area contributed by atoms with Gasteiger partial charge in [0.15, 0.2) is 22.9 Å². The van der Waals surface area contributed by atoms with Gasteiger partial charge in [0, 0.05) is 101 Å². The minimum atomic E-state index is -0.198. The van der Waals surface area contributed by atoms with E-state index >= 15 is 0 Å². The SMILES string of the molecule is CC.O=C(Nc1cncc(-c2cnc3[nH]nc(-c4nc5c(-c6ccncc6)cccc5[nH]4)c3c2)c1)c1ccccc1.c1cc(-c2ccncc2)c2nc(-c3[nH]nc4ncc(-c5cncc(CN6CCCC6)c5)cc34)[nH]c2c1. The summed E-state index contributed by atoms with van der Waals surface area (Å²) in [5.74, 6) is 1.17. The molecule has 17 heteroatoms. The fourth-order valence-corrected chi connectivity index (χ4v) is 9.69. The molecule has 11 heterocycles. The highest BCUT2D eigenvalue weighted by atomic mass is 16.1. The van der Waals surface area contributed by atoms with Crippen molar-refractivity contribution in [1.82, 2.24) is 75.1 Å². The van der Waals surface area contributed by atoms with Gasteiger partial charge in [-0.15, -0.1) is 0 Å². The van der Waals surface area contributed by atoms with E-state index in [-0.39, 0.29) is 5.91 Å². The average molecular weight is 1010 g/mol. The van der Waals surface area contributed by atoms with Crippen molar-refractivity contribution >= 4 is 55.7 Å². The average Bonchev–Trinajstić information content (AvgIpc) is 4.39. The first-order chi connectivity index (χ1) is 38.0. The number of H-pyrrole nitrogens is 4. The number of carbonyl (C=O) groups excluding carboxylic acids is 1. The monoisotopic (exact) mass is 1010 g/mol. The lowest BCUT2D eigenvalue weighted by Gasteiger charge is -2.14. The number of anilines is 1. The quantitative estimate of drug-likeness (QED) is 0.0863. The van der Waals surface area contributed by atoms with E-state index in [0.717, 1.165) is 108 Å². The number of hydrogen-bond donors (Lipinski definition) is 5. The molecule has 1 aliphatic rings. The Morgan fingerprint density at radius 2 is 1.17 bits per heavy atom. The molecule has 0 bridgehead atoms. The third-order valence-corrected chi connectivity index (χ3v) is 13.4. The van der Waals surface area contributed by atoms with Crippen LogP contribution in [-0.2, 0) is 6.54 Å². The van der Waals surface area contributed by atoms with Crippen molar-refractivity contribution in [3.8, 4) is 67.5 Å². The highest BCUT2D eigenvalue weighted by molar-refractivity contribution is 6.04. The van der Waals surface area contributed by atoms with Crippen molar-refractivity contribution in [2.75, 3.05) is 18.4 Å². The van der Waals surface area contributed by atoms with Gasteiger partial charge in [-0.25, -0.2) is 19.9 Å². The normalized spacial score (nSPS) is 12.4. The Morgan fingerprint density at radius 1 is 0.558 bits per heavy atom. The molecule has 0 unspecified atom stereocenters. The van der Waals surface area contributed by atoms with E-state index in [1.54, 1.807) is 55.5 Å². The fraction of sp³-hybridized carbons (Fsp3) is 0.117. The van der Waals surface area contributed by atoms with Crippen molar-refractivity contribution in [2.24, 2.45) is 0 Å². The summed E-state index contributed by atoms with van der Waals surface area (Å²) in [6, 6.07) is 37.4. The van der Waals surface area contributed by atoms with Crippen LogP contribution in [0, 0.1) is 0 Å². The van der Waals surface area contributed by atoms with Gasteiger partial charge in [-0.3, -0.25) is 39.8 Å². The number of nitrogens with one attached hydrogen (secondary N) is 5. The van der Waals surface area contributed by atoms with Crippen LogP contribution in [0.4, 0.5) is 5.69 Å². The second-order valence-electron chi connectivity index (χ2n) is 18.3. The summed E-state index contributed by atoms with van der Waals surface area (Å²) in [7, 11) is 0. The van der Waals surface area contributed by atoms with Crippen molar-refractivity contribution in [3.63, 3.8) is 0 Å². The third kappa shape index (κ3) is 9.89. The molecule has 3 aromatic carbocycles. The van der Waals surface area contributed by atoms with Gasteiger partial charge in [-0.1, -0.05) is 56.3 Å². The number of carbonyl (C=O) groups is 1. The standard InChI is InChI=1S/C30H20N8O.C28H24N8.C2H6/c39-30(19-5-2-1-3-6-19)34-22-13-20(15-32-17-22)21-14-24-27(37-38-28(24)33-16-21)29-35-25-8-4-7-23(26(25)36-29)18-9-11-31-12-10-18;1-2-11-36(10-1)17-18-12-20(15-30-14-18)21-13-23-26(34-35-27(23)31-16-21)28-32-24-5-3-4-22(25(24)33-28)19-6-8-29-9-7-19;1-2/h1-17H,(H,34,39)(H,35,36)(H,33,37,38);3-9,12-16H,1-2,10-11,17H2,(H,32,33)(H,31,34,35);1-2H3. The summed E-state index contributed by atoms with van der Waals surface area (Å²) in [5, 5.41) is 19.8. The Labute approximate surface area is 441 Å². The number of para-hydroxylation sites is 2. The Kier molecular flexibility index (Phi) is 13.3. The summed E-state index contributed by atoms with van der Waals surface area (Å²) >= 11 is 0. The molecule has 1 amide bonds. The first-order valence-corrected chi connectivity index (χ1v) is 25.5. The van der Waals surface area contributed by atoms with E-state index in [0.29, 0.717) is 34.1 Å². The number of fused-ring (bicyclic) bond motifs is 4. The summed E-state index contributed by atoms with van der Waals surface area (Å²) in [6.07, 6.45) is 20.5. The molecule has 0 saturated carbocycles. The molecule has 5 N–H and O–H groups in total. The van der Waals surface area contributed by atoms with Gasteiger partial charge >= 0.3 is 0 Å². The molecule has 1 aliphatic heterocycles. The zero-order chi connectivity index (χ0) is 52.1. The number of aromatic nitrogens is 14. The Hall–Kier alpha value is -10.1. The predicted octanol–water partition coefficient (Wildman–Crippen LogP) is 12.1. The predicted molar refractivity (Wildman–Crippen MR) is 301 cm³/mol. The highest BCUT2D eigenvalue weighted by Gasteiger charge is 2.20. The topological polar surface area (TPSA) is 224 Å². The Balaban J connectivity index is 0.000000150. The molecule has 77 heavy (non-hydrogen) atoms. The molecule has 14 rings (SSSR count). The molecule has 1 saturated heterocycles. The highest BCUT2D eigenvalue weighted by Crippen LogP contribution is 2.35. The molecular formula is C60H50N16O. The Bertz CT molecular complexity index is 4180. The smallest absolute Gasteiger partial charge is 0.255 e. The fourth-order valence-electron chi connectivity index (χ4n) is 9.69. The lowest BCUT2D eigenvalue weighted by molar-refractivity contribution is 0.102. The van der Waals surface area contributed by atoms with Crippen LogP contribution < -0.4 is 5.32 Å². The molecule has 0 radical (unpaired) electrons. The van der Waals surface area contributed by atoms with E-state index in [1.165, 1.54) is 18.4 Å². The minimum absolute atomic E-state index is 0.198. The van der Waals surface area contributed by atoms with E-state index < -0.39 is 0 Å². The molecule has 17 nitrogen and oxygen atoms in total. The van der Waals surface area contributed by atoms with Crippen LogP contribution in [0.3, 0.4) is 0 Å². The zero-order valence-electron chi connectivity index (χ0n) is 42.1. The molecule has 10 aromatic heterocycles. The number of benzene rings is 3. The summed E-state index contributed by atoms with van der Waals surface area (Å²) in [4.78, 5) is 58.2. The summed E-state index contributed by atoms with van der Waals surface area (Å²) in [5.41, 5.74) is 16.7. The number of aromatic amines is 4. The summed E-state index contributed by atoms with van der Waals surface area (Å²) < 4.78 is 0. The van der Waals surface area contributed by atoms with Crippen LogP contribution in [0.2, 0.25) is 0 Å². The maximum absolute atomic E-state index is 12.6. The zero-order valence-corrected chi connectivity index (χ0v) is 42.1. The van der Waals surface area contributed by atoms with Crippen LogP contribution in [-0.4, -0.2) is 94.1 Å². The van der Waals surface area contributed by atoms with Gasteiger partial charge in [0.1, 0.15) is 11.4 Å². The van der Waals surface area contributed by atoms with Gasteiger partial charge in [0.25, 0.3) is 5.91 Å². The number of rotatable bonds is 10. The number of likely N-dealkylation sites (tertiary alicyclic amines) is 1. The van der Waals surface area contributed by atoms with Crippen LogP contribution in [0.25, 0.3) is 112 Å². The molecule has 0 atom stereocenters. The minimum Gasteiger partial charge on any atom is -0.337 e. The van der Waals surface area contributed by atoms with Gasteiger partial charge in [-0.2, -0.15) is 10.2 Å². The van der Waals surface area contributed by atoms with Crippen molar-refractivity contribution in [2.45, 2.75) is 33.2 Å². The van der Waals surface area contributed by atoms with Crippen LogP contribution in [0.15, 0.2) is 177 Å². The number of pyridine rings is 6. The first-order valence-electron chi connectivity index (χ1n) is 25.5. The van der Waals surface area contributed by atoms with E-state index in [4.69, 9.17) is 9.97 Å². The van der Waals surface area contributed by atoms with E-state index in [9.17, 15) is 4.79 Å². The van der Waals surface area contributed by atoms with Crippen LogP contribution in [0.1, 0.15) is 42.6 Å². The van der Waals surface area contributed by atoms with Crippen molar-refractivity contribution in [3.05, 3.63) is 188 Å². The van der Waals surface area contributed by atoms with E-state index in [1.807, 2.05) is 117 Å². The largest absolute Gasteiger partial charge is 0.337 e. The lowest BCUT2D eigenvalue weighted by atomic mass is 10.1. The Morgan fingerprint density at radius 3 is 1.87 bits per heavy atom. The number of amides is 1. The first kappa shape index (κ1) is 47.8. The molecule has 0 spiro atoms. The van der Waals surface area contributed by atoms with Gasteiger partial charge in [-0.05, 0) is 115 Å². The maximum Gasteiger partial charge on any atom is 0.255 e. The van der Waals surface area contributed by atoms with Gasteiger partial charge in [0.2, 0.25) is 0 Å². The van der Waals surface area contributed by atoms with Gasteiger partial charge < -0.3 is 15.3 Å². The number of hydrogen-bond acceptors (Lipinski definition) is 12. The number of imidazole rings is 2. The van der Waals surface area contributed by atoms with Crippen LogP contribution in [0.5, 0.6) is 0 Å². The summed E-state index contributed by atoms with van der Waals surface area (Å²) in [6.45, 7) is 7.26. The molecule has 0 aliphatic carbocycles. The molecule has 376 valence electrons. The molecule has 13 aromatic rings. The maximum atomic E-state index is 12.6. The van der Waals surface area contributed by atoms with Crippen LogP contribution >= 0.6 is 0 Å². The van der Waals surface area contributed by atoms with Crippen molar-refractivity contribution in [1.29, 1.82) is 0 Å². The van der Waals surface area contributed by atoms with Crippen molar-refractivity contribution < 1.29 is 4.79 Å². The second kappa shape index (κ2) is 21.4. The molecule has 1 fully saturated rings. The second-order valence-corrected chi connectivity index (χ2v) is 18.3. The molecular weight excluding hydrogens is 961 g/mol. The lowest BCUT2D eigenvalue weighted by Crippen LogP contribution is -2.18. The van der Waals surface area contributed by atoms with Gasteiger partial charge in [0.05, 0.1) is 44.7 Å².